The molecule has 0 fully saturated rings. The summed E-state index contributed by atoms with van der Waals surface area (Å²) in [6, 6.07) is 4.51. The van der Waals surface area contributed by atoms with E-state index in [0.29, 0.717) is 16.8 Å². The molecule has 0 amide bonds. The first-order chi connectivity index (χ1) is 7.89. The molecule has 0 spiro atoms. The highest BCUT2D eigenvalue weighted by molar-refractivity contribution is 7.93. The van der Waals surface area contributed by atoms with Gasteiger partial charge in [0.2, 0.25) is 10.0 Å². The molecule has 0 heterocycles. The number of ether oxygens (including phenoxy) is 1. The van der Waals surface area contributed by atoms with Crippen LogP contribution in [0.3, 0.4) is 0 Å². The molecule has 1 rings (SSSR count). The molecule has 5 nitrogen and oxygen atoms in total. The molecule has 0 aliphatic carbocycles. The molecule has 17 heavy (non-hydrogen) atoms. The van der Waals surface area contributed by atoms with Gasteiger partial charge >= 0.3 is 5.97 Å². The fraction of sp³-hybridized carbons (Fsp3) is 0.300. The van der Waals surface area contributed by atoms with E-state index < -0.39 is 21.2 Å². The van der Waals surface area contributed by atoms with Crippen molar-refractivity contribution in [2.24, 2.45) is 0 Å². The molecule has 1 aromatic carbocycles. The minimum Gasteiger partial charge on any atom is -0.465 e. The summed E-state index contributed by atoms with van der Waals surface area (Å²) in [6.07, 6.45) is 0. The van der Waals surface area contributed by atoms with Crippen LogP contribution in [0, 0.1) is 6.92 Å². The number of carbonyl (C=O) groups is 1. The maximum Gasteiger partial charge on any atom is 0.337 e. The Morgan fingerprint density at radius 3 is 2.59 bits per heavy atom. The van der Waals surface area contributed by atoms with Crippen LogP contribution in [-0.4, -0.2) is 26.7 Å². The van der Waals surface area contributed by atoms with Crippen LogP contribution in [0.1, 0.15) is 15.9 Å². The van der Waals surface area contributed by atoms with Crippen LogP contribution in [0.4, 0.5) is 5.69 Å². The maximum absolute atomic E-state index is 11.3. The van der Waals surface area contributed by atoms with Crippen molar-refractivity contribution >= 4 is 33.3 Å². The molecule has 0 atom stereocenters. The van der Waals surface area contributed by atoms with Crippen LogP contribution in [0.15, 0.2) is 18.2 Å². The Balaban J connectivity index is 3.03. The Hall–Kier alpha value is -1.27. The van der Waals surface area contributed by atoms with E-state index in [2.05, 4.69) is 9.46 Å². The van der Waals surface area contributed by atoms with Crippen molar-refractivity contribution in [3.05, 3.63) is 29.3 Å². The van der Waals surface area contributed by atoms with Gasteiger partial charge in [0.25, 0.3) is 0 Å². The van der Waals surface area contributed by atoms with Gasteiger partial charge in [-0.05, 0) is 30.7 Å². The Morgan fingerprint density at radius 1 is 1.47 bits per heavy atom. The second kappa shape index (κ2) is 5.37. The van der Waals surface area contributed by atoms with E-state index in [1.54, 1.807) is 6.92 Å². The molecule has 0 aliphatic rings. The molecule has 0 aromatic heterocycles. The molecule has 0 bridgehead atoms. The lowest BCUT2D eigenvalue weighted by atomic mass is 10.1. The summed E-state index contributed by atoms with van der Waals surface area (Å²) in [5.41, 5.74) is 1.36. The summed E-state index contributed by atoms with van der Waals surface area (Å²) in [5, 5.41) is -0.523. The van der Waals surface area contributed by atoms with Crippen molar-refractivity contribution < 1.29 is 17.9 Å². The zero-order chi connectivity index (χ0) is 13.1. The number of benzene rings is 1. The maximum atomic E-state index is 11.3. The quantitative estimate of drug-likeness (QED) is 0.672. The number of rotatable bonds is 4. The van der Waals surface area contributed by atoms with Crippen molar-refractivity contribution in [3.63, 3.8) is 0 Å². The van der Waals surface area contributed by atoms with Gasteiger partial charge in [-0.25, -0.2) is 13.2 Å². The van der Waals surface area contributed by atoms with Gasteiger partial charge in [0.05, 0.1) is 18.4 Å². The van der Waals surface area contributed by atoms with Gasteiger partial charge in [0.1, 0.15) is 5.21 Å². The van der Waals surface area contributed by atoms with Crippen molar-refractivity contribution in [1.29, 1.82) is 0 Å². The standard InChI is InChI=1S/C10H12ClNO4S/c1-7-5-8(10(13)16-2)3-4-9(7)12-17(14,15)6-11/h3-5,12H,6H2,1-2H3. The van der Waals surface area contributed by atoms with Gasteiger partial charge in [-0.2, -0.15) is 0 Å². The Labute approximate surface area is 105 Å². The van der Waals surface area contributed by atoms with E-state index in [9.17, 15) is 13.2 Å². The van der Waals surface area contributed by atoms with E-state index in [0.717, 1.165) is 0 Å². The predicted octanol–water partition coefficient (Wildman–Crippen LogP) is 1.72. The summed E-state index contributed by atoms with van der Waals surface area (Å²) >= 11 is 5.28. The molecular formula is C10H12ClNO4S. The van der Waals surface area contributed by atoms with Gasteiger partial charge < -0.3 is 4.74 Å². The van der Waals surface area contributed by atoms with Crippen LogP contribution in [0.5, 0.6) is 0 Å². The number of hydrogen-bond acceptors (Lipinski definition) is 4. The molecule has 0 saturated carbocycles. The lowest BCUT2D eigenvalue weighted by Gasteiger charge is -2.09. The van der Waals surface area contributed by atoms with Crippen molar-refractivity contribution in [3.8, 4) is 0 Å². The molecule has 1 N–H and O–H groups in total. The number of alkyl halides is 1. The zero-order valence-electron chi connectivity index (χ0n) is 9.36. The number of sulfonamides is 1. The zero-order valence-corrected chi connectivity index (χ0v) is 10.9. The second-order valence-electron chi connectivity index (χ2n) is 3.35. The Bertz CT molecular complexity index is 527. The number of nitrogens with one attached hydrogen (secondary N) is 1. The lowest BCUT2D eigenvalue weighted by Crippen LogP contribution is -2.14. The Kier molecular flexibility index (Phi) is 4.36. The van der Waals surface area contributed by atoms with Crippen LogP contribution < -0.4 is 4.72 Å². The molecule has 7 heteroatoms. The Morgan fingerprint density at radius 2 is 2.12 bits per heavy atom. The first kappa shape index (κ1) is 13.8. The molecule has 1 aromatic rings. The second-order valence-corrected chi connectivity index (χ2v) is 5.65. The smallest absolute Gasteiger partial charge is 0.337 e. The summed E-state index contributed by atoms with van der Waals surface area (Å²) in [6.45, 7) is 1.68. The summed E-state index contributed by atoms with van der Waals surface area (Å²) in [5.74, 6) is -0.472. The van der Waals surface area contributed by atoms with E-state index in [4.69, 9.17) is 11.6 Å². The van der Waals surface area contributed by atoms with Crippen LogP contribution >= 0.6 is 11.6 Å². The van der Waals surface area contributed by atoms with Crippen molar-refractivity contribution in [1.82, 2.24) is 0 Å². The van der Waals surface area contributed by atoms with Crippen LogP contribution in [-0.2, 0) is 14.8 Å². The number of hydrogen-bond donors (Lipinski definition) is 1. The summed E-state index contributed by atoms with van der Waals surface area (Å²) < 4.78 is 29.4. The van der Waals surface area contributed by atoms with Crippen molar-refractivity contribution in [2.75, 3.05) is 17.0 Å². The number of halogens is 1. The highest BCUT2D eigenvalue weighted by atomic mass is 35.5. The molecule has 0 saturated heterocycles. The highest BCUT2D eigenvalue weighted by Crippen LogP contribution is 2.18. The highest BCUT2D eigenvalue weighted by Gasteiger charge is 2.12. The fourth-order valence-electron chi connectivity index (χ4n) is 1.22. The molecule has 94 valence electrons. The minimum atomic E-state index is -3.53. The fourth-order valence-corrected chi connectivity index (χ4v) is 2.00. The third-order valence-corrected chi connectivity index (χ3v) is 3.74. The van der Waals surface area contributed by atoms with Crippen LogP contribution in [0.2, 0.25) is 0 Å². The van der Waals surface area contributed by atoms with E-state index in [1.165, 1.54) is 25.3 Å². The third kappa shape index (κ3) is 3.61. The van der Waals surface area contributed by atoms with Gasteiger partial charge in [-0.3, -0.25) is 4.72 Å². The minimum absolute atomic E-state index is 0.360. The van der Waals surface area contributed by atoms with Gasteiger partial charge in [-0.1, -0.05) is 0 Å². The van der Waals surface area contributed by atoms with Crippen LogP contribution in [0.25, 0.3) is 0 Å². The molecule has 0 radical (unpaired) electrons. The number of carbonyl (C=O) groups excluding carboxylic acids is 1. The number of methoxy groups -OCH3 is 1. The molecular weight excluding hydrogens is 266 g/mol. The van der Waals surface area contributed by atoms with Gasteiger partial charge in [0.15, 0.2) is 0 Å². The van der Waals surface area contributed by atoms with E-state index in [-0.39, 0.29) is 0 Å². The normalized spacial score (nSPS) is 11.0. The average molecular weight is 278 g/mol. The first-order valence-electron chi connectivity index (χ1n) is 4.65. The van der Waals surface area contributed by atoms with E-state index in [1.807, 2.05) is 0 Å². The first-order valence-corrected chi connectivity index (χ1v) is 6.83. The number of anilines is 1. The summed E-state index contributed by atoms with van der Waals surface area (Å²) in [7, 11) is -2.25. The van der Waals surface area contributed by atoms with E-state index >= 15 is 0 Å². The average Bonchev–Trinajstić information content (AvgIpc) is 2.30. The molecule has 0 aliphatic heterocycles. The predicted molar refractivity (Wildman–Crippen MR) is 65.8 cm³/mol. The summed E-state index contributed by atoms with van der Waals surface area (Å²) in [4.78, 5) is 11.2. The van der Waals surface area contributed by atoms with Gasteiger partial charge in [0, 0.05) is 0 Å². The largest absolute Gasteiger partial charge is 0.465 e. The van der Waals surface area contributed by atoms with Gasteiger partial charge in [-0.15, -0.1) is 11.6 Å². The number of aryl methyl sites for hydroxylation is 1. The number of esters is 1. The SMILES string of the molecule is COC(=O)c1ccc(NS(=O)(=O)CCl)c(C)c1. The molecule has 0 unspecified atom stereocenters. The lowest BCUT2D eigenvalue weighted by molar-refractivity contribution is 0.0600. The monoisotopic (exact) mass is 277 g/mol. The topological polar surface area (TPSA) is 72.5 Å². The third-order valence-electron chi connectivity index (χ3n) is 2.06. The van der Waals surface area contributed by atoms with Crippen molar-refractivity contribution in [2.45, 2.75) is 6.92 Å².